The molecule has 1 aromatic carbocycles. The van der Waals surface area contributed by atoms with E-state index in [0.29, 0.717) is 45.6 Å². The molecule has 1 aromatic heterocycles. The predicted octanol–water partition coefficient (Wildman–Crippen LogP) is 4.37. The molecule has 0 spiro atoms. The fraction of sp³-hybridized carbons (Fsp3) is 0.607. The van der Waals surface area contributed by atoms with Crippen LogP contribution in [0, 0.1) is 0 Å². The fourth-order valence-electron chi connectivity index (χ4n) is 4.03. The highest BCUT2D eigenvalue weighted by Gasteiger charge is 2.31. The van der Waals surface area contributed by atoms with E-state index in [0.717, 1.165) is 16.5 Å². The summed E-state index contributed by atoms with van der Waals surface area (Å²) in [5, 5.41) is 3.75. The first-order valence-electron chi connectivity index (χ1n) is 13.2. The minimum atomic E-state index is -0.698. The van der Waals surface area contributed by atoms with Gasteiger partial charge in [-0.05, 0) is 72.4 Å². The first-order chi connectivity index (χ1) is 17.6. The van der Waals surface area contributed by atoms with Crippen LogP contribution in [0.15, 0.2) is 36.5 Å². The fourth-order valence-corrected chi connectivity index (χ4v) is 4.03. The lowest BCUT2D eigenvalue weighted by molar-refractivity contribution is -0.179. The van der Waals surface area contributed by atoms with Gasteiger partial charge >= 0.3 is 6.09 Å². The highest BCUT2D eigenvalue weighted by atomic mass is 16.7. The number of carbonyl (C=O) groups excluding carboxylic acids is 2. The van der Waals surface area contributed by atoms with Gasteiger partial charge in [0.05, 0.1) is 17.6 Å². The molecule has 0 aliphatic heterocycles. The zero-order valence-corrected chi connectivity index (χ0v) is 23.2. The maximum absolute atomic E-state index is 13.6. The lowest BCUT2D eigenvalue weighted by Gasteiger charge is -2.36. The number of rotatable bonds is 14. The number of ether oxygens (including phenoxy) is 3. The molecule has 1 heterocycles. The van der Waals surface area contributed by atoms with Crippen LogP contribution in [0.5, 0.6) is 0 Å². The van der Waals surface area contributed by atoms with Gasteiger partial charge in [0.15, 0.2) is 6.29 Å². The Morgan fingerprint density at radius 2 is 1.76 bits per heavy atom. The number of aromatic nitrogens is 1. The Hall–Kier alpha value is -2.75. The van der Waals surface area contributed by atoms with Crippen molar-refractivity contribution in [1.82, 2.24) is 15.2 Å². The summed E-state index contributed by atoms with van der Waals surface area (Å²) < 4.78 is 16.9. The van der Waals surface area contributed by atoms with Crippen molar-refractivity contribution >= 4 is 22.9 Å². The number of para-hydroxylation sites is 1. The Morgan fingerprint density at radius 1 is 1.08 bits per heavy atom. The smallest absolute Gasteiger partial charge is 0.407 e. The van der Waals surface area contributed by atoms with E-state index in [1.807, 2.05) is 71.9 Å². The molecule has 9 nitrogen and oxygen atoms in total. The van der Waals surface area contributed by atoms with Gasteiger partial charge in [0, 0.05) is 37.9 Å². The minimum absolute atomic E-state index is 0.176. The molecule has 0 aliphatic carbocycles. The molecule has 37 heavy (non-hydrogen) atoms. The Bertz CT molecular complexity index is 983. The number of unbranched alkanes of at least 4 members (excludes halogenated alkanes) is 1. The summed E-state index contributed by atoms with van der Waals surface area (Å²) in [6.45, 7) is 12.9. The monoisotopic (exact) mass is 516 g/mol. The molecule has 0 unspecified atom stereocenters. The Kier molecular flexibility index (Phi) is 12.2. The van der Waals surface area contributed by atoms with Gasteiger partial charge in [0.1, 0.15) is 5.60 Å². The van der Waals surface area contributed by atoms with E-state index in [1.54, 1.807) is 11.1 Å². The second kappa shape index (κ2) is 14.9. The van der Waals surface area contributed by atoms with Crippen molar-refractivity contribution in [3.8, 4) is 0 Å². The third-order valence-electron chi connectivity index (χ3n) is 5.81. The van der Waals surface area contributed by atoms with Gasteiger partial charge in [0.2, 0.25) is 5.91 Å². The second-order valence-electron chi connectivity index (χ2n) is 10.0. The molecular formula is C28H44N4O5. The van der Waals surface area contributed by atoms with E-state index >= 15 is 0 Å². The summed E-state index contributed by atoms with van der Waals surface area (Å²) in [5.41, 5.74) is 7.63. The van der Waals surface area contributed by atoms with E-state index in [1.165, 1.54) is 0 Å². The molecular weight excluding hydrogens is 472 g/mol. The largest absolute Gasteiger partial charge is 0.444 e. The number of alkyl carbamates (subject to hydrolysis) is 1. The first-order valence-corrected chi connectivity index (χ1v) is 13.2. The van der Waals surface area contributed by atoms with Crippen molar-refractivity contribution in [3.63, 3.8) is 0 Å². The number of nitrogens with two attached hydrogens (primary N) is 1. The van der Waals surface area contributed by atoms with Crippen LogP contribution in [0.1, 0.15) is 66.4 Å². The molecule has 2 atom stereocenters. The molecule has 0 radical (unpaired) electrons. The van der Waals surface area contributed by atoms with Crippen LogP contribution >= 0.6 is 0 Å². The van der Waals surface area contributed by atoms with Crippen molar-refractivity contribution in [2.45, 2.75) is 91.3 Å². The summed E-state index contributed by atoms with van der Waals surface area (Å²) in [4.78, 5) is 31.7. The third kappa shape index (κ3) is 9.91. The van der Waals surface area contributed by atoms with Crippen molar-refractivity contribution in [1.29, 1.82) is 0 Å². The summed E-state index contributed by atoms with van der Waals surface area (Å²) in [7, 11) is 0. The van der Waals surface area contributed by atoms with Crippen LogP contribution in [-0.2, 0) is 25.5 Å². The number of fused-ring (bicyclic) bond motifs is 1. The summed E-state index contributed by atoms with van der Waals surface area (Å²) in [6.07, 6.45) is 2.58. The average Bonchev–Trinajstić information content (AvgIpc) is 2.85. The van der Waals surface area contributed by atoms with Crippen molar-refractivity contribution < 1.29 is 23.8 Å². The van der Waals surface area contributed by atoms with Gasteiger partial charge in [-0.3, -0.25) is 9.78 Å². The Labute approximate surface area is 221 Å². The number of hydrogen-bond acceptors (Lipinski definition) is 7. The molecule has 0 fully saturated rings. The van der Waals surface area contributed by atoms with E-state index < -0.39 is 24.0 Å². The predicted molar refractivity (Wildman–Crippen MR) is 145 cm³/mol. The number of hydrogen-bond donors (Lipinski definition) is 2. The van der Waals surface area contributed by atoms with Gasteiger partial charge in [0.25, 0.3) is 0 Å². The number of carbonyl (C=O) groups is 2. The van der Waals surface area contributed by atoms with Crippen LogP contribution in [0.4, 0.5) is 4.79 Å². The number of benzene rings is 1. The number of nitrogens with zero attached hydrogens (tertiary/aromatic N) is 2. The molecule has 0 saturated carbocycles. The molecule has 2 aromatic rings. The Morgan fingerprint density at radius 3 is 2.41 bits per heavy atom. The maximum atomic E-state index is 13.6. The summed E-state index contributed by atoms with van der Waals surface area (Å²) >= 11 is 0. The molecule has 2 amide bonds. The van der Waals surface area contributed by atoms with E-state index in [4.69, 9.17) is 19.9 Å². The molecule has 206 valence electrons. The molecule has 0 aliphatic rings. The number of nitrogens with one attached hydrogen (secondary N) is 1. The van der Waals surface area contributed by atoms with Crippen LogP contribution in [0.3, 0.4) is 0 Å². The lowest BCUT2D eigenvalue weighted by Crippen LogP contribution is -2.52. The minimum Gasteiger partial charge on any atom is -0.444 e. The zero-order chi connectivity index (χ0) is 27.4. The third-order valence-corrected chi connectivity index (χ3v) is 5.81. The molecule has 9 heteroatoms. The van der Waals surface area contributed by atoms with E-state index in [2.05, 4.69) is 10.3 Å². The molecule has 3 N–H and O–H groups in total. The molecule has 0 bridgehead atoms. The van der Waals surface area contributed by atoms with Crippen LogP contribution in [0.25, 0.3) is 10.9 Å². The standard InChI is InChI=1S/C28H44N4O5/c1-7-35-26(36-8-2)20(3)32(19-22-14-11-13-21-15-12-18-30-24(21)22)25(33)23(29)16-9-10-17-31-27(34)37-28(4,5)6/h11-15,18,20,23,26H,7-10,16-17,19,29H2,1-6H3,(H,31,34)/t20-,23-/m0/s1. The number of amides is 2. The van der Waals surface area contributed by atoms with Crippen molar-refractivity contribution in [2.75, 3.05) is 19.8 Å². The van der Waals surface area contributed by atoms with Crippen LogP contribution < -0.4 is 11.1 Å². The van der Waals surface area contributed by atoms with E-state index in [9.17, 15) is 9.59 Å². The highest BCUT2D eigenvalue weighted by Crippen LogP contribution is 2.22. The lowest BCUT2D eigenvalue weighted by atomic mass is 10.0. The second-order valence-corrected chi connectivity index (χ2v) is 10.0. The maximum Gasteiger partial charge on any atom is 0.407 e. The first kappa shape index (κ1) is 30.5. The van der Waals surface area contributed by atoms with E-state index in [-0.39, 0.29) is 11.9 Å². The van der Waals surface area contributed by atoms with Crippen LogP contribution in [-0.4, -0.2) is 65.6 Å². The van der Waals surface area contributed by atoms with Crippen molar-refractivity contribution in [2.24, 2.45) is 5.73 Å². The van der Waals surface area contributed by atoms with Gasteiger partial charge in [-0.2, -0.15) is 0 Å². The normalized spacial score (nSPS) is 13.4. The molecule has 2 rings (SSSR count). The van der Waals surface area contributed by atoms with Crippen LogP contribution in [0.2, 0.25) is 0 Å². The number of pyridine rings is 1. The van der Waals surface area contributed by atoms with Gasteiger partial charge < -0.3 is 30.2 Å². The quantitative estimate of drug-likeness (QED) is 0.283. The average molecular weight is 517 g/mol. The molecule has 0 saturated heterocycles. The summed E-state index contributed by atoms with van der Waals surface area (Å²) in [6, 6.07) is 8.77. The van der Waals surface area contributed by atoms with Gasteiger partial charge in [-0.25, -0.2) is 4.79 Å². The van der Waals surface area contributed by atoms with Gasteiger partial charge in [-0.1, -0.05) is 24.3 Å². The zero-order valence-electron chi connectivity index (χ0n) is 23.2. The SMILES string of the molecule is CCOC(OCC)[C@H](C)N(Cc1cccc2cccnc12)C(=O)[C@@H](N)CCCCNC(=O)OC(C)(C)C. The van der Waals surface area contributed by atoms with Gasteiger partial charge in [-0.15, -0.1) is 0 Å². The topological polar surface area (TPSA) is 116 Å². The Balaban J connectivity index is 2.10. The highest BCUT2D eigenvalue weighted by molar-refractivity contribution is 5.84. The summed E-state index contributed by atoms with van der Waals surface area (Å²) in [5.74, 6) is -0.176. The van der Waals surface area contributed by atoms with Crippen molar-refractivity contribution in [3.05, 3.63) is 42.1 Å².